The third-order valence-corrected chi connectivity index (χ3v) is 9.83. The van der Waals surface area contributed by atoms with E-state index in [9.17, 15) is 27.9 Å². The van der Waals surface area contributed by atoms with Crippen LogP contribution in [0.25, 0.3) is 10.9 Å². The van der Waals surface area contributed by atoms with E-state index in [1.807, 2.05) is 36.4 Å². The average molecular weight is 647 g/mol. The predicted molar refractivity (Wildman–Crippen MR) is 165 cm³/mol. The molecule has 1 aromatic heterocycles. The zero-order valence-corrected chi connectivity index (χ0v) is 25.4. The number of aryl methyl sites for hydroxylation is 2. The van der Waals surface area contributed by atoms with E-state index in [2.05, 4.69) is 21.3 Å². The Morgan fingerprint density at radius 3 is 2.60 bits per heavy atom. The zero-order chi connectivity index (χ0) is 32.8. The third kappa shape index (κ3) is 7.39. The number of nitrogens with zero attached hydrogens (tertiary/aromatic N) is 1. The molecule has 7 N–H and O–H groups in total. The number of carbonyl (C=O) groups is 2. The summed E-state index contributed by atoms with van der Waals surface area (Å²) in [6, 6.07) is 9.99. The smallest absolute Gasteiger partial charge is 0.341 e. The highest BCUT2D eigenvalue weighted by atomic mass is 32.2. The molecule has 3 aromatic rings. The minimum absolute atomic E-state index is 0.0778. The number of unbranched alkanes of at least 4 members (excludes halogenated alkanes) is 1. The second kappa shape index (κ2) is 14.3. The molecule has 0 fully saturated rings. The van der Waals surface area contributed by atoms with Crippen LogP contribution in [0.4, 0.5) is 8.78 Å². The summed E-state index contributed by atoms with van der Waals surface area (Å²) >= 11 is 0. The standard InChI is InChI=1S/C30H36F2N6O6S/c1-2-3-14-45(43,44)30(33,28(41)42)18-37-27(40)22-17-38(13-10-19-8-5-4-6-9-19)25-20(26(22)39)15-23(31)21(24(25)32)16-36-29-34-11-7-12-35-29/h4-9,11,15,17,29,34-36H,2-3,10,12-14,16,18,33H2,1H3,(H,37,40)(H,41,42). The molecule has 1 amide bonds. The van der Waals surface area contributed by atoms with Crippen molar-refractivity contribution in [1.82, 2.24) is 25.8 Å². The van der Waals surface area contributed by atoms with Crippen molar-refractivity contribution in [3.8, 4) is 0 Å². The van der Waals surface area contributed by atoms with Crippen LogP contribution in [-0.4, -0.2) is 60.0 Å². The number of carboxylic acids is 1. The maximum Gasteiger partial charge on any atom is 0.341 e. The molecule has 2 atom stereocenters. The van der Waals surface area contributed by atoms with Gasteiger partial charge in [0.15, 0.2) is 15.7 Å². The lowest BCUT2D eigenvalue weighted by Gasteiger charge is -2.25. The topological polar surface area (TPSA) is 185 Å². The number of halogens is 2. The van der Waals surface area contributed by atoms with Crippen LogP contribution in [0.5, 0.6) is 0 Å². The van der Waals surface area contributed by atoms with Gasteiger partial charge in [0.1, 0.15) is 17.7 Å². The van der Waals surface area contributed by atoms with Gasteiger partial charge < -0.3 is 26.0 Å². The molecule has 2 unspecified atom stereocenters. The van der Waals surface area contributed by atoms with E-state index in [0.717, 1.165) is 17.8 Å². The van der Waals surface area contributed by atoms with E-state index in [1.54, 1.807) is 13.1 Å². The number of carbonyl (C=O) groups excluding carboxylic acids is 1. The van der Waals surface area contributed by atoms with Crippen molar-refractivity contribution in [1.29, 1.82) is 0 Å². The Bertz CT molecular complexity index is 1770. The molecule has 0 bridgehead atoms. The minimum Gasteiger partial charge on any atom is -0.479 e. The fourth-order valence-electron chi connectivity index (χ4n) is 4.87. The second-order valence-corrected chi connectivity index (χ2v) is 13.1. The SMILES string of the molecule is CCCCS(=O)(=O)C(N)(CNC(=O)c1cn(CCc2ccccc2)c2c(F)c(CNC3NC=CCN3)c(F)cc2c1=O)C(=O)O. The number of sulfone groups is 1. The summed E-state index contributed by atoms with van der Waals surface area (Å²) in [7, 11) is -4.42. The Morgan fingerprint density at radius 1 is 1.22 bits per heavy atom. The molecule has 0 spiro atoms. The number of carboxylic acid groups (broad SMARTS) is 1. The Kier molecular flexibility index (Phi) is 10.7. The number of fused-ring (bicyclic) bond motifs is 1. The Labute approximate surface area is 258 Å². The van der Waals surface area contributed by atoms with E-state index < -0.39 is 73.2 Å². The lowest BCUT2D eigenvalue weighted by molar-refractivity contribution is -0.139. The number of hydrogen-bond donors (Lipinski definition) is 6. The number of rotatable bonds is 14. The van der Waals surface area contributed by atoms with Crippen molar-refractivity contribution in [2.45, 2.75) is 50.4 Å². The van der Waals surface area contributed by atoms with Crippen LogP contribution in [0.2, 0.25) is 0 Å². The third-order valence-electron chi connectivity index (χ3n) is 7.58. The first kappa shape index (κ1) is 33.7. The Morgan fingerprint density at radius 2 is 1.96 bits per heavy atom. The summed E-state index contributed by atoms with van der Waals surface area (Å²) in [5.41, 5.74) is 4.52. The second-order valence-electron chi connectivity index (χ2n) is 10.7. The van der Waals surface area contributed by atoms with Gasteiger partial charge in [-0.05, 0) is 30.7 Å². The number of nitrogens with one attached hydrogen (secondary N) is 4. The van der Waals surface area contributed by atoms with Gasteiger partial charge in [-0.25, -0.2) is 22.0 Å². The van der Waals surface area contributed by atoms with Crippen molar-refractivity contribution < 1.29 is 31.9 Å². The molecule has 1 aliphatic rings. The number of nitrogens with two attached hydrogens (primary N) is 1. The molecule has 2 aromatic carbocycles. The molecular formula is C30H36F2N6O6S. The van der Waals surface area contributed by atoms with Crippen molar-refractivity contribution >= 4 is 32.6 Å². The molecule has 2 heterocycles. The highest BCUT2D eigenvalue weighted by Crippen LogP contribution is 2.24. The first-order valence-electron chi connectivity index (χ1n) is 14.4. The number of pyridine rings is 1. The van der Waals surface area contributed by atoms with E-state index >= 15 is 8.78 Å². The molecule has 0 saturated carbocycles. The summed E-state index contributed by atoms with van der Waals surface area (Å²) in [4.78, 5) is 35.8. The maximum absolute atomic E-state index is 16.1. The van der Waals surface area contributed by atoms with Crippen LogP contribution < -0.4 is 32.4 Å². The highest BCUT2D eigenvalue weighted by molar-refractivity contribution is 7.93. The van der Waals surface area contributed by atoms with Gasteiger partial charge in [0, 0.05) is 31.4 Å². The van der Waals surface area contributed by atoms with E-state index in [1.165, 1.54) is 4.57 Å². The monoisotopic (exact) mass is 646 g/mol. The van der Waals surface area contributed by atoms with Crippen molar-refractivity contribution in [2.24, 2.45) is 5.73 Å². The van der Waals surface area contributed by atoms with Crippen LogP contribution in [0, 0.1) is 11.6 Å². The minimum atomic E-state index is -4.42. The van der Waals surface area contributed by atoms with Gasteiger partial charge >= 0.3 is 5.97 Å². The molecule has 1 aliphatic heterocycles. The van der Waals surface area contributed by atoms with Crippen LogP contribution >= 0.6 is 0 Å². The Balaban J connectivity index is 1.73. The summed E-state index contributed by atoms with van der Waals surface area (Å²) in [5.74, 6) is -5.56. The van der Waals surface area contributed by atoms with Gasteiger partial charge in [0.25, 0.3) is 5.91 Å². The molecule has 0 saturated heterocycles. The van der Waals surface area contributed by atoms with Gasteiger partial charge in [-0.1, -0.05) is 49.8 Å². The fraction of sp³-hybridized carbons (Fsp3) is 0.367. The normalized spacial score (nSPS) is 16.2. The average Bonchev–Trinajstić information content (AvgIpc) is 3.03. The first-order chi connectivity index (χ1) is 21.4. The lowest BCUT2D eigenvalue weighted by Crippen LogP contribution is -2.62. The van der Waals surface area contributed by atoms with Crippen molar-refractivity contribution in [2.75, 3.05) is 18.8 Å². The van der Waals surface area contributed by atoms with Crippen LogP contribution in [0.15, 0.2) is 59.7 Å². The van der Waals surface area contributed by atoms with Gasteiger partial charge in [-0.3, -0.25) is 20.2 Å². The predicted octanol–water partition coefficient (Wildman–Crippen LogP) is 1.29. The molecule has 12 nitrogen and oxygen atoms in total. The van der Waals surface area contributed by atoms with Gasteiger partial charge in [0.2, 0.25) is 10.3 Å². The zero-order valence-electron chi connectivity index (χ0n) is 24.6. The van der Waals surface area contributed by atoms with Crippen LogP contribution in [0.1, 0.15) is 41.3 Å². The van der Waals surface area contributed by atoms with Crippen LogP contribution in [-0.2, 0) is 34.1 Å². The lowest BCUT2D eigenvalue weighted by atomic mass is 10.0. The first-order valence-corrected chi connectivity index (χ1v) is 16.0. The molecule has 15 heteroatoms. The number of aliphatic carboxylic acids is 1. The summed E-state index contributed by atoms with van der Waals surface area (Å²) in [6.45, 7) is 1.06. The summed E-state index contributed by atoms with van der Waals surface area (Å²) in [5, 5.41) is 20.4. The van der Waals surface area contributed by atoms with Crippen molar-refractivity contribution in [3.05, 3.63) is 93.4 Å². The molecule has 45 heavy (non-hydrogen) atoms. The molecule has 0 radical (unpaired) electrons. The van der Waals surface area contributed by atoms with Gasteiger partial charge in [-0.15, -0.1) is 0 Å². The molecular weight excluding hydrogens is 610 g/mol. The quantitative estimate of drug-likeness (QED) is 0.149. The highest BCUT2D eigenvalue weighted by Gasteiger charge is 2.47. The number of aromatic nitrogens is 1. The number of amides is 1. The fourth-order valence-corrected chi connectivity index (χ4v) is 6.46. The molecule has 242 valence electrons. The Hall–Kier alpha value is -4.18. The molecule has 4 rings (SSSR count). The largest absolute Gasteiger partial charge is 0.479 e. The van der Waals surface area contributed by atoms with Crippen molar-refractivity contribution in [3.63, 3.8) is 0 Å². The van der Waals surface area contributed by atoms with E-state index in [4.69, 9.17) is 5.73 Å². The number of hydrogen-bond acceptors (Lipinski definition) is 9. The van der Waals surface area contributed by atoms with Crippen LogP contribution in [0.3, 0.4) is 0 Å². The maximum atomic E-state index is 16.1. The van der Waals surface area contributed by atoms with Gasteiger partial charge in [0.05, 0.1) is 23.2 Å². The number of benzene rings is 2. The van der Waals surface area contributed by atoms with E-state index in [-0.39, 0.29) is 30.6 Å². The molecule has 0 aliphatic carbocycles. The summed E-state index contributed by atoms with van der Waals surface area (Å²) < 4.78 is 58.2. The van der Waals surface area contributed by atoms with E-state index in [0.29, 0.717) is 19.4 Å². The summed E-state index contributed by atoms with van der Waals surface area (Å²) in [6.07, 6.45) is 5.13. The van der Waals surface area contributed by atoms with Gasteiger partial charge in [-0.2, -0.15) is 0 Å².